The van der Waals surface area contributed by atoms with Gasteiger partial charge >= 0.3 is 0 Å². The van der Waals surface area contributed by atoms with E-state index in [0.717, 1.165) is 31.2 Å². The first-order valence-corrected chi connectivity index (χ1v) is 7.53. The molecule has 0 amide bonds. The number of fused-ring (bicyclic) bond motifs is 1. The SMILES string of the molecule is CCCC(Cl)CCCc1nc2ccccc2s1. The van der Waals surface area contributed by atoms with Crippen LogP contribution in [0.1, 0.15) is 37.6 Å². The molecule has 1 heterocycles. The van der Waals surface area contributed by atoms with Gasteiger partial charge in [0.25, 0.3) is 0 Å². The summed E-state index contributed by atoms with van der Waals surface area (Å²) in [6.07, 6.45) is 5.61. The molecule has 0 saturated heterocycles. The third-order valence-electron chi connectivity index (χ3n) is 2.85. The molecule has 0 aliphatic heterocycles. The number of nitrogens with zero attached hydrogens (tertiary/aromatic N) is 1. The third kappa shape index (κ3) is 3.68. The number of alkyl halides is 1. The Bertz CT molecular complexity index is 433. The van der Waals surface area contributed by atoms with Crippen LogP contribution in [0.3, 0.4) is 0 Å². The number of benzene rings is 1. The fourth-order valence-electron chi connectivity index (χ4n) is 1.96. The van der Waals surface area contributed by atoms with Gasteiger partial charge in [0.2, 0.25) is 0 Å². The monoisotopic (exact) mass is 267 g/mol. The molecule has 0 saturated carbocycles. The Morgan fingerprint density at radius 2 is 2.12 bits per heavy atom. The second-order valence-electron chi connectivity index (χ2n) is 4.35. The average Bonchev–Trinajstić information content (AvgIpc) is 2.71. The molecular formula is C14H18ClNS. The Morgan fingerprint density at radius 1 is 1.29 bits per heavy atom. The summed E-state index contributed by atoms with van der Waals surface area (Å²) in [7, 11) is 0. The van der Waals surface area contributed by atoms with Gasteiger partial charge in [0.15, 0.2) is 0 Å². The zero-order valence-corrected chi connectivity index (χ0v) is 11.7. The molecule has 0 radical (unpaired) electrons. The highest BCUT2D eigenvalue weighted by molar-refractivity contribution is 7.18. The Hall–Kier alpha value is -0.600. The number of hydrogen-bond acceptors (Lipinski definition) is 2. The van der Waals surface area contributed by atoms with Crippen molar-refractivity contribution in [2.24, 2.45) is 0 Å². The topological polar surface area (TPSA) is 12.9 Å². The number of hydrogen-bond donors (Lipinski definition) is 0. The van der Waals surface area contributed by atoms with Gasteiger partial charge in [-0.1, -0.05) is 25.5 Å². The van der Waals surface area contributed by atoms with E-state index < -0.39 is 0 Å². The molecule has 17 heavy (non-hydrogen) atoms. The minimum atomic E-state index is 0.342. The molecule has 1 nitrogen and oxygen atoms in total. The van der Waals surface area contributed by atoms with Gasteiger partial charge in [-0.15, -0.1) is 22.9 Å². The highest BCUT2D eigenvalue weighted by Crippen LogP contribution is 2.23. The van der Waals surface area contributed by atoms with Crippen LogP contribution in [0.4, 0.5) is 0 Å². The molecular weight excluding hydrogens is 250 g/mol. The number of aryl methyl sites for hydroxylation is 1. The lowest BCUT2D eigenvalue weighted by atomic mass is 10.1. The zero-order chi connectivity index (χ0) is 12.1. The summed E-state index contributed by atoms with van der Waals surface area (Å²) in [5.74, 6) is 0. The quantitative estimate of drug-likeness (QED) is 0.669. The molecule has 2 rings (SSSR count). The van der Waals surface area contributed by atoms with Gasteiger partial charge < -0.3 is 0 Å². The first kappa shape index (κ1) is 12.8. The summed E-state index contributed by atoms with van der Waals surface area (Å²) in [6, 6.07) is 8.33. The van der Waals surface area contributed by atoms with Gasteiger partial charge in [-0.25, -0.2) is 4.98 Å². The lowest BCUT2D eigenvalue weighted by molar-refractivity contribution is 0.639. The van der Waals surface area contributed by atoms with Crippen LogP contribution in [0.25, 0.3) is 10.2 Å². The van der Waals surface area contributed by atoms with Gasteiger partial charge in [0, 0.05) is 5.38 Å². The number of para-hydroxylation sites is 1. The normalized spacial score (nSPS) is 13.1. The lowest BCUT2D eigenvalue weighted by Crippen LogP contribution is -1.98. The van der Waals surface area contributed by atoms with E-state index in [-0.39, 0.29) is 0 Å². The van der Waals surface area contributed by atoms with Gasteiger partial charge in [0.1, 0.15) is 0 Å². The van der Waals surface area contributed by atoms with Crippen LogP contribution >= 0.6 is 22.9 Å². The molecule has 0 spiro atoms. The van der Waals surface area contributed by atoms with Crippen molar-refractivity contribution < 1.29 is 0 Å². The fourth-order valence-corrected chi connectivity index (χ4v) is 3.34. The average molecular weight is 268 g/mol. The number of halogens is 1. The van der Waals surface area contributed by atoms with Gasteiger partial charge in [-0.3, -0.25) is 0 Å². The minimum absolute atomic E-state index is 0.342. The van der Waals surface area contributed by atoms with Crippen molar-refractivity contribution in [3.8, 4) is 0 Å². The zero-order valence-electron chi connectivity index (χ0n) is 10.2. The van der Waals surface area contributed by atoms with E-state index in [9.17, 15) is 0 Å². The van der Waals surface area contributed by atoms with Crippen LogP contribution in [0.5, 0.6) is 0 Å². The molecule has 1 unspecified atom stereocenters. The first-order valence-electron chi connectivity index (χ1n) is 6.28. The maximum atomic E-state index is 6.21. The van der Waals surface area contributed by atoms with Crippen LogP contribution in [0.15, 0.2) is 24.3 Å². The Labute approximate surface area is 112 Å². The Kier molecular flexibility index (Phi) is 4.81. The largest absolute Gasteiger partial charge is 0.241 e. The highest BCUT2D eigenvalue weighted by atomic mass is 35.5. The van der Waals surface area contributed by atoms with Crippen LogP contribution < -0.4 is 0 Å². The van der Waals surface area contributed by atoms with Crippen LogP contribution in [-0.2, 0) is 6.42 Å². The van der Waals surface area contributed by atoms with Crippen molar-refractivity contribution in [1.29, 1.82) is 0 Å². The maximum Gasteiger partial charge on any atom is 0.0938 e. The van der Waals surface area contributed by atoms with Crippen molar-refractivity contribution in [1.82, 2.24) is 4.98 Å². The molecule has 0 fully saturated rings. The van der Waals surface area contributed by atoms with Crippen molar-refractivity contribution in [3.05, 3.63) is 29.3 Å². The molecule has 92 valence electrons. The summed E-state index contributed by atoms with van der Waals surface area (Å²) in [6.45, 7) is 2.18. The second-order valence-corrected chi connectivity index (χ2v) is 6.09. The fraction of sp³-hybridized carbons (Fsp3) is 0.500. The van der Waals surface area contributed by atoms with E-state index >= 15 is 0 Å². The summed E-state index contributed by atoms with van der Waals surface area (Å²) in [5, 5.41) is 1.58. The van der Waals surface area contributed by atoms with Gasteiger partial charge in [0.05, 0.1) is 15.2 Å². The molecule has 0 aliphatic carbocycles. The number of thiazole rings is 1. The Balaban J connectivity index is 1.86. The molecule has 0 bridgehead atoms. The standard InChI is InChI=1S/C14H18ClNS/c1-2-6-11(15)7-5-10-14-16-12-8-3-4-9-13(12)17-14/h3-4,8-9,11H,2,5-7,10H2,1H3. The van der Waals surface area contributed by atoms with Crippen molar-refractivity contribution in [2.45, 2.75) is 44.4 Å². The van der Waals surface area contributed by atoms with E-state index in [1.165, 1.54) is 16.1 Å². The van der Waals surface area contributed by atoms with Crippen LogP contribution in [0.2, 0.25) is 0 Å². The lowest BCUT2D eigenvalue weighted by Gasteiger charge is -2.05. The van der Waals surface area contributed by atoms with Crippen molar-refractivity contribution in [2.75, 3.05) is 0 Å². The molecule has 0 aliphatic rings. The molecule has 3 heteroatoms. The van der Waals surface area contributed by atoms with Gasteiger partial charge in [-0.2, -0.15) is 0 Å². The predicted octanol–water partition coefficient (Wildman–Crippen LogP) is 5.03. The van der Waals surface area contributed by atoms with E-state index in [2.05, 4.69) is 30.1 Å². The predicted molar refractivity (Wildman–Crippen MR) is 77.1 cm³/mol. The summed E-state index contributed by atoms with van der Waals surface area (Å²) in [4.78, 5) is 4.63. The van der Waals surface area contributed by atoms with Crippen LogP contribution in [-0.4, -0.2) is 10.4 Å². The van der Waals surface area contributed by atoms with E-state index in [1.54, 1.807) is 0 Å². The summed E-state index contributed by atoms with van der Waals surface area (Å²) >= 11 is 8.02. The van der Waals surface area contributed by atoms with Crippen molar-refractivity contribution >= 4 is 33.2 Å². The maximum absolute atomic E-state index is 6.21. The summed E-state index contributed by atoms with van der Waals surface area (Å²) < 4.78 is 1.29. The van der Waals surface area contributed by atoms with E-state index in [0.29, 0.717) is 5.38 Å². The number of rotatable bonds is 6. The number of aromatic nitrogens is 1. The second kappa shape index (κ2) is 6.36. The molecule has 1 aromatic carbocycles. The van der Waals surface area contributed by atoms with Gasteiger partial charge in [-0.05, 0) is 37.8 Å². The van der Waals surface area contributed by atoms with Crippen molar-refractivity contribution in [3.63, 3.8) is 0 Å². The highest BCUT2D eigenvalue weighted by Gasteiger charge is 2.06. The van der Waals surface area contributed by atoms with E-state index in [4.69, 9.17) is 11.6 Å². The minimum Gasteiger partial charge on any atom is -0.241 e. The summed E-state index contributed by atoms with van der Waals surface area (Å²) in [5.41, 5.74) is 1.13. The Morgan fingerprint density at radius 3 is 2.88 bits per heavy atom. The van der Waals surface area contributed by atoms with Crippen LogP contribution in [0, 0.1) is 0 Å². The smallest absolute Gasteiger partial charge is 0.0938 e. The molecule has 0 N–H and O–H groups in total. The molecule has 2 aromatic rings. The molecule has 1 atom stereocenters. The van der Waals surface area contributed by atoms with E-state index in [1.807, 2.05) is 17.4 Å². The molecule has 1 aromatic heterocycles. The third-order valence-corrected chi connectivity index (χ3v) is 4.38. The first-order chi connectivity index (χ1) is 8.29.